The van der Waals surface area contributed by atoms with E-state index in [0.29, 0.717) is 5.82 Å². The molecule has 25 heavy (non-hydrogen) atoms. The molecule has 4 rings (SSSR count). The molecule has 0 amide bonds. The van der Waals surface area contributed by atoms with Crippen molar-refractivity contribution in [2.24, 2.45) is 4.99 Å². The van der Waals surface area contributed by atoms with Gasteiger partial charge in [-0.1, -0.05) is 42.0 Å². The summed E-state index contributed by atoms with van der Waals surface area (Å²) in [5.41, 5.74) is 3.00. The second-order valence-electron chi connectivity index (χ2n) is 5.89. The third-order valence-corrected chi connectivity index (χ3v) is 5.36. The van der Waals surface area contributed by atoms with Crippen molar-refractivity contribution in [2.45, 2.75) is 17.9 Å². The van der Waals surface area contributed by atoms with Crippen LogP contribution in [0.3, 0.4) is 0 Å². The number of amidine groups is 1. The lowest BCUT2D eigenvalue weighted by molar-refractivity contribution is -0.431. The van der Waals surface area contributed by atoms with Gasteiger partial charge in [0.1, 0.15) is 0 Å². The topological polar surface area (TPSA) is 70.8 Å². The van der Waals surface area contributed by atoms with Gasteiger partial charge in [0.15, 0.2) is 11.2 Å². The zero-order valence-corrected chi connectivity index (χ0v) is 14.6. The van der Waals surface area contributed by atoms with Crippen molar-refractivity contribution in [1.82, 2.24) is 5.32 Å². The number of benzene rings is 2. The van der Waals surface area contributed by atoms with Crippen molar-refractivity contribution in [3.8, 4) is 0 Å². The molecule has 0 aromatic heterocycles. The Morgan fingerprint density at radius 1 is 1.20 bits per heavy atom. The summed E-state index contributed by atoms with van der Waals surface area (Å²) in [7, 11) is 1.66. The normalized spacial score (nSPS) is 18.6. The molecule has 0 saturated carbocycles. The van der Waals surface area contributed by atoms with Gasteiger partial charge in [-0.25, -0.2) is 0 Å². The average Bonchev–Trinajstić information content (AvgIpc) is 2.98. The molecule has 1 N–H and O–H groups in total. The van der Waals surface area contributed by atoms with Crippen LogP contribution in [0.4, 0.5) is 5.69 Å². The Hall–Kier alpha value is -2.80. The maximum atomic E-state index is 11.9. The Morgan fingerprint density at radius 2 is 1.92 bits per heavy atom. The highest BCUT2D eigenvalue weighted by Gasteiger charge is 2.45. The van der Waals surface area contributed by atoms with Crippen LogP contribution in [-0.4, -0.2) is 17.1 Å². The summed E-state index contributed by atoms with van der Waals surface area (Å²) in [5.74, 6) is 0.308. The molecule has 126 valence electrons. The lowest BCUT2D eigenvalue weighted by atomic mass is 9.99. The second kappa shape index (κ2) is 5.93. The van der Waals surface area contributed by atoms with Crippen molar-refractivity contribution in [2.75, 3.05) is 11.9 Å². The van der Waals surface area contributed by atoms with Crippen LogP contribution >= 0.6 is 11.8 Å². The summed E-state index contributed by atoms with van der Waals surface area (Å²) in [6.45, 7) is 2.00. The fourth-order valence-electron chi connectivity index (χ4n) is 3.15. The van der Waals surface area contributed by atoms with Gasteiger partial charge in [-0.3, -0.25) is 10.1 Å². The number of para-hydroxylation sites is 1. The number of nitro groups is 1. The van der Waals surface area contributed by atoms with Gasteiger partial charge in [0.25, 0.3) is 0 Å². The third-order valence-electron chi connectivity index (χ3n) is 4.33. The number of fused-ring (bicyclic) bond motifs is 3. The smallest absolute Gasteiger partial charge is 0.315 e. The van der Waals surface area contributed by atoms with E-state index in [-0.39, 0.29) is 10.6 Å². The molecule has 2 heterocycles. The van der Waals surface area contributed by atoms with Crippen LogP contribution in [0.25, 0.3) is 0 Å². The molecule has 1 atom stereocenters. The van der Waals surface area contributed by atoms with Crippen molar-refractivity contribution in [1.29, 1.82) is 0 Å². The summed E-state index contributed by atoms with van der Waals surface area (Å²) >= 11 is 1.53. The fraction of sp³-hybridized carbons (Fsp3) is 0.167. The molecule has 7 heteroatoms. The van der Waals surface area contributed by atoms with Gasteiger partial charge >= 0.3 is 5.70 Å². The molecule has 2 aliphatic heterocycles. The van der Waals surface area contributed by atoms with E-state index in [1.165, 1.54) is 11.8 Å². The largest absolute Gasteiger partial charge is 0.368 e. The highest BCUT2D eigenvalue weighted by atomic mass is 32.2. The summed E-state index contributed by atoms with van der Waals surface area (Å²) in [6, 6.07) is 15.2. The second-order valence-corrected chi connectivity index (χ2v) is 6.90. The van der Waals surface area contributed by atoms with Crippen LogP contribution in [0.1, 0.15) is 17.2 Å². The lowest BCUT2D eigenvalue weighted by Gasteiger charge is -2.31. The molecule has 2 aromatic rings. The van der Waals surface area contributed by atoms with E-state index >= 15 is 0 Å². The van der Waals surface area contributed by atoms with Crippen molar-refractivity contribution < 1.29 is 4.92 Å². The number of aliphatic imine (C=N–C) groups is 1. The molecule has 1 unspecified atom stereocenters. The minimum Gasteiger partial charge on any atom is -0.368 e. The summed E-state index contributed by atoms with van der Waals surface area (Å²) < 4.78 is 0. The van der Waals surface area contributed by atoms with Crippen molar-refractivity contribution >= 4 is 22.6 Å². The van der Waals surface area contributed by atoms with Gasteiger partial charge in [0.2, 0.25) is 5.82 Å². The molecule has 0 radical (unpaired) electrons. The first kappa shape index (κ1) is 15.7. The minimum absolute atomic E-state index is 0.0624. The summed E-state index contributed by atoms with van der Waals surface area (Å²) in [6.07, 6.45) is 0. The third kappa shape index (κ3) is 2.47. The number of hydrogen-bond acceptors (Lipinski definition) is 6. The SMILES string of the molecule is CNC1=C([N+](=O)[O-])C(c2ccc(C)cc2)N2C(=N1)Sc1ccccc12. The predicted octanol–water partition coefficient (Wildman–Crippen LogP) is 3.68. The Bertz CT molecular complexity index is 921. The van der Waals surface area contributed by atoms with Crippen molar-refractivity contribution in [3.05, 3.63) is 81.3 Å². The highest BCUT2D eigenvalue weighted by Crippen LogP contribution is 2.49. The van der Waals surface area contributed by atoms with E-state index in [0.717, 1.165) is 26.9 Å². The first-order chi connectivity index (χ1) is 12.1. The van der Waals surface area contributed by atoms with Gasteiger partial charge in [0, 0.05) is 11.9 Å². The monoisotopic (exact) mass is 352 g/mol. The molecule has 0 bridgehead atoms. The number of hydrogen-bond donors (Lipinski definition) is 1. The molecule has 0 spiro atoms. The minimum atomic E-state index is -0.526. The molecule has 2 aromatic carbocycles. The zero-order valence-electron chi connectivity index (χ0n) is 13.8. The summed E-state index contributed by atoms with van der Waals surface area (Å²) in [5, 5.41) is 15.5. The van der Waals surface area contributed by atoms with Gasteiger partial charge in [-0.2, -0.15) is 4.99 Å². The Balaban J connectivity index is 1.95. The Morgan fingerprint density at radius 3 is 2.60 bits per heavy atom. The predicted molar refractivity (Wildman–Crippen MR) is 99.2 cm³/mol. The van der Waals surface area contributed by atoms with E-state index < -0.39 is 6.04 Å². The molecule has 0 saturated heterocycles. The van der Waals surface area contributed by atoms with Crippen LogP contribution in [0.15, 0.2) is 69.9 Å². The summed E-state index contributed by atoms with van der Waals surface area (Å²) in [4.78, 5) is 19.1. The standard InChI is InChI=1S/C18H16N4O2S/c1-11-7-9-12(10-8-11)15-16(22(23)24)17(19-2)20-18-21(15)13-5-3-4-6-14(13)25-18/h3-10,15,19H,1-2H3. The van der Waals surface area contributed by atoms with Gasteiger partial charge in [-0.05, 0) is 36.4 Å². The van der Waals surface area contributed by atoms with E-state index in [2.05, 4.69) is 10.3 Å². The van der Waals surface area contributed by atoms with Gasteiger partial charge in [-0.15, -0.1) is 0 Å². The number of thioether (sulfide) groups is 1. The zero-order chi connectivity index (χ0) is 17.6. The number of aryl methyl sites for hydroxylation is 1. The van der Waals surface area contributed by atoms with Crippen LogP contribution in [0.2, 0.25) is 0 Å². The van der Waals surface area contributed by atoms with Crippen LogP contribution < -0.4 is 10.2 Å². The first-order valence-electron chi connectivity index (χ1n) is 7.88. The lowest BCUT2D eigenvalue weighted by Crippen LogP contribution is -2.38. The van der Waals surface area contributed by atoms with E-state index in [4.69, 9.17) is 0 Å². The number of nitrogens with one attached hydrogen (secondary N) is 1. The van der Waals surface area contributed by atoms with Crippen LogP contribution in [-0.2, 0) is 0 Å². The molecular formula is C18H16N4O2S. The number of anilines is 1. The van der Waals surface area contributed by atoms with Crippen LogP contribution in [0, 0.1) is 17.0 Å². The molecule has 6 nitrogen and oxygen atoms in total. The van der Waals surface area contributed by atoms with E-state index in [1.54, 1.807) is 7.05 Å². The Kier molecular flexibility index (Phi) is 3.73. The molecule has 0 aliphatic carbocycles. The molecular weight excluding hydrogens is 336 g/mol. The average molecular weight is 352 g/mol. The van der Waals surface area contributed by atoms with E-state index in [1.807, 2.05) is 60.4 Å². The molecule has 0 fully saturated rings. The fourth-order valence-corrected chi connectivity index (χ4v) is 4.20. The first-order valence-corrected chi connectivity index (χ1v) is 8.69. The number of nitrogens with zero attached hydrogens (tertiary/aromatic N) is 3. The highest BCUT2D eigenvalue weighted by molar-refractivity contribution is 8.14. The number of rotatable bonds is 3. The van der Waals surface area contributed by atoms with Crippen LogP contribution in [0.5, 0.6) is 0 Å². The Labute approximate surface area is 149 Å². The van der Waals surface area contributed by atoms with E-state index in [9.17, 15) is 10.1 Å². The molecule has 2 aliphatic rings. The maximum Gasteiger partial charge on any atom is 0.315 e. The van der Waals surface area contributed by atoms with Gasteiger partial charge < -0.3 is 10.2 Å². The maximum absolute atomic E-state index is 11.9. The quantitative estimate of drug-likeness (QED) is 0.674. The van der Waals surface area contributed by atoms with Crippen molar-refractivity contribution in [3.63, 3.8) is 0 Å². The van der Waals surface area contributed by atoms with Gasteiger partial charge in [0.05, 0.1) is 10.6 Å².